The molecule has 35 heavy (non-hydrogen) atoms. The maximum absolute atomic E-state index is 12.2. The van der Waals surface area contributed by atoms with Gasteiger partial charge in [0.2, 0.25) is 6.10 Å². The number of unbranched alkanes of at least 4 members (excludes halogenated alkanes) is 7. The molecule has 0 unspecified atom stereocenters. The van der Waals surface area contributed by atoms with E-state index in [0.717, 1.165) is 12.2 Å². The molecule has 188 valence electrons. The van der Waals surface area contributed by atoms with E-state index in [-0.39, 0.29) is 5.56 Å². The molecule has 0 saturated carbocycles. The van der Waals surface area contributed by atoms with Crippen molar-refractivity contribution in [2.45, 2.75) is 78.2 Å². The summed E-state index contributed by atoms with van der Waals surface area (Å²) in [7, 11) is 0. The number of nitrogens with zero attached hydrogens (tertiary/aromatic N) is 2. The molecule has 0 amide bonds. The Labute approximate surface area is 207 Å². The van der Waals surface area contributed by atoms with E-state index in [0.29, 0.717) is 18.0 Å². The predicted octanol–water partition coefficient (Wildman–Crippen LogP) is 7.32. The molecule has 2 rings (SSSR count). The first-order valence-corrected chi connectivity index (χ1v) is 12.4. The predicted molar refractivity (Wildman–Crippen MR) is 136 cm³/mol. The van der Waals surface area contributed by atoms with Crippen LogP contribution in [-0.4, -0.2) is 30.2 Å². The van der Waals surface area contributed by atoms with Crippen molar-refractivity contribution in [1.29, 1.82) is 0 Å². The van der Waals surface area contributed by atoms with Crippen molar-refractivity contribution in [1.82, 2.24) is 0 Å². The Morgan fingerprint density at radius 3 is 1.71 bits per heavy atom. The molecule has 0 N–H and O–H groups in total. The summed E-state index contributed by atoms with van der Waals surface area (Å²) in [5.74, 6) is -0.961. The van der Waals surface area contributed by atoms with Gasteiger partial charge in [0, 0.05) is 0 Å². The summed E-state index contributed by atoms with van der Waals surface area (Å²) in [5.41, 5.74) is 1.44. The maximum atomic E-state index is 12.2. The molecule has 0 atom stereocenters. The largest absolute Gasteiger partial charge is 0.494 e. The Morgan fingerprint density at radius 1 is 0.714 bits per heavy atom. The van der Waals surface area contributed by atoms with Gasteiger partial charge in [0.25, 0.3) is 0 Å². The van der Waals surface area contributed by atoms with E-state index in [4.69, 9.17) is 9.47 Å². The molecule has 0 fully saturated rings. The minimum atomic E-state index is -1.38. The minimum absolute atomic E-state index is 0.217. The molecule has 0 aromatic heterocycles. The van der Waals surface area contributed by atoms with Crippen LogP contribution in [0.15, 0.2) is 58.8 Å². The quantitative estimate of drug-likeness (QED) is 0.108. The lowest BCUT2D eigenvalue weighted by molar-refractivity contribution is -0.136. The van der Waals surface area contributed by atoms with E-state index in [1.54, 1.807) is 12.1 Å². The zero-order chi connectivity index (χ0) is 25.5. The molecule has 0 aliphatic rings. The normalized spacial score (nSPS) is 11.1. The summed E-state index contributed by atoms with van der Waals surface area (Å²) in [5, 5.41) is 8.37. The van der Waals surface area contributed by atoms with Gasteiger partial charge in [0.1, 0.15) is 5.75 Å². The third-order valence-electron chi connectivity index (χ3n) is 5.45. The van der Waals surface area contributed by atoms with E-state index >= 15 is 0 Å². The van der Waals surface area contributed by atoms with Crippen molar-refractivity contribution in [2.24, 2.45) is 10.2 Å². The van der Waals surface area contributed by atoms with Crippen molar-refractivity contribution < 1.29 is 23.9 Å². The van der Waals surface area contributed by atoms with Crippen LogP contribution < -0.4 is 4.74 Å². The van der Waals surface area contributed by atoms with Gasteiger partial charge in [-0.2, -0.15) is 10.2 Å². The fraction of sp³-hybridized carbons (Fsp3) is 0.464. The number of hydrogen-bond donors (Lipinski definition) is 0. The van der Waals surface area contributed by atoms with Gasteiger partial charge in [-0.25, -0.2) is 4.79 Å². The van der Waals surface area contributed by atoms with Gasteiger partial charge >= 0.3 is 5.97 Å². The van der Waals surface area contributed by atoms with E-state index in [1.165, 1.54) is 70.9 Å². The summed E-state index contributed by atoms with van der Waals surface area (Å²) in [6.45, 7) is 5.36. The number of Topliss-reactive ketones (excluding diaryl/α,β-unsaturated/α-hetero) is 2. The van der Waals surface area contributed by atoms with Crippen LogP contribution in [0.4, 0.5) is 11.4 Å². The van der Waals surface area contributed by atoms with Crippen LogP contribution in [0.1, 0.15) is 82.5 Å². The van der Waals surface area contributed by atoms with Crippen molar-refractivity contribution in [2.75, 3.05) is 6.61 Å². The number of ether oxygens (including phenoxy) is 2. The van der Waals surface area contributed by atoms with E-state index in [1.807, 2.05) is 24.3 Å². The van der Waals surface area contributed by atoms with Crippen molar-refractivity contribution in [3.05, 3.63) is 54.1 Å². The van der Waals surface area contributed by atoms with Crippen LogP contribution in [0.25, 0.3) is 0 Å². The Morgan fingerprint density at radius 2 is 1.20 bits per heavy atom. The summed E-state index contributed by atoms with van der Waals surface area (Å²) < 4.78 is 10.8. The molecule has 0 aliphatic carbocycles. The number of esters is 1. The minimum Gasteiger partial charge on any atom is -0.494 e. The lowest BCUT2D eigenvalue weighted by Crippen LogP contribution is -2.31. The number of carbonyl (C=O) groups excluding carboxylic acids is 3. The fourth-order valence-corrected chi connectivity index (χ4v) is 3.44. The molecule has 7 nitrogen and oxygen atoms in total. The highest BCUT2D eigenvalue weighted by atomic mass is 16.5. The first-order chi connectivity index (χ1) is 16.9. The van der Waals surface area contributed by atoms with Crippen LogP contribution in [0.5, 0.6) is 5.75 Å². The zero-order valence-corrected chi connectivity index (χ0v) is 21.0. The van der Waals surface area contributed by atoms with Gasteiger partial charge < -0.3 is 9.47 Å². The first-order valence-electron chi connectivity index (χ1n) is 12.4. The SMILES string of the molecule is CCCCCCCCCCOc1ccc(N=Nc2ccc(C(=O)OC(C(C)=O)C(C)=O)cc2)cc1. The summed E-state index contributed by atoms with van der Waals surface area (Å²) in [6.07, 6.45) is 8.77. The molecule has 2 aromatic rings. The Balaban J connectivity index is 1.76. The lowest BCUT2D eigenvalue weighted by atomic mass is 10.1. The Hall–Kier alpha value is -3.35. The number of rotatable bonds is 16. The van der Waals surface area contributed by atoms with Gasteiger partial charge in [0.05, 0.1) is 23.5 Å². The highest BCUT2D eigenvalue weighted by molar-refractivity contribution is 6.05. The topological polar surface area (TPSA) is 94.4 Å². The van der Waals surface area contributed by atoms with Crippen LogP contribution in [-0.2, 0) is 14.3 Å². The Kier molecular flexibility index (Phi) is 12.4. The monoisotopic (exact) mass is 480 g/mol. The molecule has 0 bridgehead atoms. The van der Waals surface area contributed by atoms with Gasteiger partial charge in [-0.15, -0.1) is 0 Å². The van der Waals surface area contributed by atoms with Gasteiger partial charge in [-0.1, -0.05) is 51.9 Å². The van der Waals surface area contributed by atoms with Crippen LogP contribution in [0.3, 0.4) is 0 Å². The number of benzene rings is 2. The molecular weight excluding hydrogens is 444 g/mol. The van der Waals surface area contributed by atoms with E-state index in [9.17, 15) is 14.4 Å². The fourth-order valence-electron chi connectivity index (χ4n) is 3.44. The molecule has 2 aromatic carbocycles. The summed E-state index contributed by atoms with van der Waals surface area (Å²) in [6, 6.07) is 13.7. The van der Waals surface area contributed by atoms with Gasteiger partial charge in [-0.3, -0.25) is 9.59 Å². The van der Waals surface area contributed by atoms with Gasteiger partial charge in [-0.05, 0) is 68.8 Å². The summed E-state index contributed by atoms with van der Waals surface area (Å²) in [4.78, 5) is 35.1. The zero-order valence-electron chi connectivity index (χ0n) is 21.0. The first kappa shape index (κ1) is 27.9. The number of hydrogen-bond acceptors (Lipinski definition) is 7. The average Bonchev–Trinajstić information content (AvgIpc) is 2.85. The van der Waals surface area contributed by atoms with Crippen molar-refractivity contribution in [3.63, 3.8) is 0 Å². The third kappa shape index (κ3) is 10.6. The standard InChI is InChI=1S/C28H36N2O5/c1-4-5-6-7-8-9-10-11-20-34-26-18-16-25(17-19-26)30-29-24-14-12-23(13-15-24)28(33)35-27(21(2)31)22(3)32/h12-19,27H,4-11,20H2,1-3H3. The van der Waals surface area contributed by atoms with Gasteiger partial charge in [0.15, 0.2) is 11.6 Å². The second-order valence-electron chi connectivity index (χ2n) is 8.57. The highest BCUT2D eigenvalue weighted by Gasteiger charge is 2.24. The van der Waals surface area contributed by atoms with Crippen molar-refractivity contribution >= 4 is 28.9 Å². The summed E-state index contributed by atoms with van der Waals surface area (Å²) >= 11 is 0. The molecule has 0 spiro atoms. The highest BCUT2D eigenvalue weighted by Crippen LogP contribution is 2.22. The Bertz CT molecular complexity index is 954. The smallest absolute Gasteiger partial charge is 0.339 e. The molecule has 0 saturated heterocycles. The molecule has 0 radical (unpaired) electrons. The second-order valence-corrected chi connectivity index (χ2v) is 8.57. The molecular formula is C28H36N2O5. The van der Waals surface area contributed by atoms with Crippen LogP contribution >= 0.6 is 0 Å². The average molecular weight is 481 g/mol. The van der Waals surface area contributed by atoms with E-state index < -0.39 is 23.6 Å². The number of carbonyl (C=O) groups is 3. The molecule has 0 aliphatic heterocycles. The van der Waals surface area contributed by atoms with Crippen molar-refractivity contribution in [3.8, 4) is 5.75 Å². The second kappa shape index (κ2) is 15.5. The lowest BCUT2D eigenvalue weighted by Gasteiger charge is -2.11. The van der Waals surface area contributed by atoms with E-state index in [2.05, 4.69) is 17.2 Å². The third-order valence-corrected chi connectivity index (χ3v) is 5.45. The molecule has 0 heterocycles. The maximum Gasteiger partial charge on any atom is 0.339 e. The van der Waals surface area contributed by atoms with Crippen LogP contribution in [0.2, 0.25) is 0 Å². The number of azo groups is 1. The number of ketones is 2. The molecule has 7 heteroatoms. The van der Waals surface area contributed by atoms with Crippen LogP contribution in [0, 0.1) is 0 Å².